The summed E-state index contributed by atoms with van der Waals surface area (Å²) in [5.41, 5.74) is 2.62. The van der Waals surface area contributed by atoms with Crippen molar-refractivity contribution in [3.8, 4) is 5.75 Å². The van der Waals surface area contributed by atoms with Crippen molar-refractivity contribution < 1.29 is 19.4 Å². The molecule has 1 unspecified atom stereocenters. The first-order valence-corrected chi connectivity index (χ1v) is 9.60. The summed E-state index contributed by atoms with van der Waals surface area (Å²) < 4.78 is 4.85. The number of nitrogens with zero attached hydrogens (tertiary/aromatic N) is 1. The van der Waals surface area contributed by atoms with Crippen molar-refractivity contribution in [2.45, 2.75) is 37.5 Å². The van der Waals surface area contributed by atoms with Gasteiger partial charge >= 0.3 is 0 Å². The minimum atomic E-state index is -0.806. The number of nitrogens with one attached hydrogen (secondary N) is 1. The van der Waals surface area contributed by atoms with Crippen LogP contribution in [0.5, 0.6) is 5.75 Å². The molecule has 0 bridgehead atoms. The van der Waals surface area contributed by atoms with Gasteiger partial charge in [-0.1, -0.05) is 25.1 Å². The number of carbonyl (C=O) groups is 2. The summed E-state index contributed by atoms with van der Waals surface area (Å²) in [4.78, 5) is 27.6. The zero-order valence-corrected chi connectivity index (χ0v) is 16.1. The summed E-state index contributed by atoms with van der Waals surface area (Å²) in [6.07, 6.45) is 2.31. The average molecular weight is 386 g/mol. The van der Waals surface area contributed by atoms with Gasteiger partial charge in [0.1, 0.15) is 23.2 Å². The Balaban J connectivity index is 1.56. The molecule has 7 heteroatoms. The molecule has 2 heterocycles. The number of aliphatic hydroxyl groups is 1. The lowest BCUT2D eigenvalue weighted by molar-refractivity contribution is -0.121. The van der Waals surface area contributed by atoms with E-state index >= 15 is 0 Å². The lowest BCUT2D eigenvalue weighted by Gasteiger charge is -2.18. The lowest BCUT2D eigenvalue weighted by Crippen LogP contribution is -2.35. The van der Waals surface area contributed by atoms with E-state index in [2.05, 4.69) is 17.2 Å². The quantitative estimate of drug-likeness (QED) is 0.760. The maximum atomic E-state index is 11.9. The average Bonchev–Trinajstić information content (AvgIpc) is 2.92. The molecule has 1 aromatic carbocycles. The third-order valence-corrected chi connectivity index (χ3v) is 5.55. The molecule has 1 aliphatic rings. The number of hydrogen-bond donors (Lipinski definition) is 2. The van der Waals surface area contributed by atoms with Crippen molar-refractivity contribution in [3.63, 3.8) is 0 Å². The number of aliphatic hydroxyl groups excluding tert-OH is 1. The standard InChI is InChI=1S/C20H22N2O4S/c1-3-13-6-9-16(21-11-13)17(23)12-26-15-7-4-14(5-8-15)10-20(2)18(24)22-19(25)27-20/h4-9,11,17,23H,3,10,12H2,1-2H3,(H,22,24,25)/t17-,20?/m1/s1. The molecule has 0 aliphatic carbocycles. The van der Waals surface area contributed by atoms with Gasteiger partial charge in [-0.05, 0) is 60.9 Å². The molecule has 0 saturated carbocycles. The Labute approximate surface area is 162 Å². The highest BCUT2D eigenvalue weighted by molar-refractivity contribution is 8.16. The Bertz CT molecular complexity index is 823. The molecule has 0 spiro atoms. The van der Waals surface area contributed by atoms with Gasteiger partial charge in [0.05, 0.1) is 5.69 Å². The highest BCUT2D eigenvalue weighted by atomic mass is 32.2. The number of imide groups is 1. The van der Waals surface area contributed by atoms with Crippen LogP contribution in [0.25, 0.3) is 0 Å². The number of amides is 2. The van der Waals surface area contributed by atoms with Gasteiger partial charge in [-0.3, -0.25) is 19.9 Å². The fourth-order valence-electron chi connectivity index (χ4n) is 2.81. The highest BCUT2D eigenvalue weighted by Crippen LogP contribution is 2.34. The Morgan fingerprint density at radius 1 is 1.19 bits per heavy atom. The molecule has 142 valence electrons. The van der Waals surface area contributed by atoms with Crippen LogP contribution in [0.2, 0.25) is 0 Å². The highest BCUT2D eigenvalue weighted by Gasteiger charge is 2.43. The Morgan fingerprint density at radius 3 is 2.44 bits per heavy atom. The molecule has 2 N–H and O–H groups in total. The van der Waals surface area contributed by atoms with E-state index in [9.17, 15) is 14.7 Å². The van der Waals surface area contributed by atoms with Crippen molar-refractivity contribution >= 4 is 22.9 Å². The first-order chi connectivity index (χ1) is 12.9. The first kappa shape index (κ1) is 19.4. The monoisotopic (exact) mass is 386 g/mol. The number of thioether (sulfide) groups is 1. The smallest absolute Gasteiger partial charge is 0.286 e. The molecule has 3 rings (SSSR count). The summed E-state index contributed by atoms with van der Waals surface area (Å²) in [5.74, 6) is 0.357. The Kier molecular flexibility index (Phi) is 5.82. The summed E-state index contributed by atoms with van der Waals surface area (Å²) in [5, 5.41) is 12.2. The molecular formula is C20H22N2O4S. The molecule has 27 heavy (non-hydrogen) atoms. The van der Waals surface area contributed by atoms with Gasteiger partial charge in [0, 0.05) is 6.20 Å². The fraction of sp³-hybridized carbons (Fsp3) is 0.350. The predicted octanol–water partition coefficient (Wildman–Crippen LogP) is 3.04. The van der Waals surface area contributed by atoms with Gasteiger partial charge in [0.2, 0.25) is 5.91 Å². The van der Waals surface area contributed by atoms with E-state index in [0.29, 0.717) is 17.9 Å². The van der Waals surface area contributed by atoms with E-state index in [1.807, 2.05) is 24.3 Å². The maximum Gasteiger partial charge on any atom is 0.286 e. The third-order valence-electron chi connectivity index (χ3n) is 4.48. The van der Waals surface area contributed by atoms with Crippen molar-refractivity contribution in [3.05, 3.63) is 59.4 Å². The summed E-state index contributed by atoms with van der Waals surface area (Å²) in [6.45, 7) is 3.91. The second-order valence-electron chi connectivity index (χ2n) is 6.67. The summed E-state index contributed by atoms with van der Waals surface area (Å²) >= 11 is 1.02. The van der Waals surface area contributed by atoms with Crippen LogP contribution in [0.15, 0.2) is 42.6 Å². The summed E-state index contributed by atoms with van der Waals surface area (Å²) in [6, 6.07) is 11.1. The molecule has 6 nitrogen and oxygen atoms in total. The topological polar surface area (TPSA) is 88.5 Å². The van der Waals surface area contributed by atoms with Crippen LogP contribution in [0.3, 0.4) is 0 Å². The van der Waals surface area contributed by atoms with Crippen molar-refractivity contribution in [2.75, 3.05) is 6.61 Å². The minimum absolute atomic E-state index is 0.0995. The van der Waals surface area contributed by atoms with Gasteiger partial charge in [-0.2, -0.15) is 0 Å². The van der Waals surface area contributed by atoms with Gasteiger partial charge in [0.15, 0.2) is 0 Å². The number of carbonyl (C=O) groups excluding carboxylic acids is 2. The SMILES string of the molecule is CCc1ccc([C@H](O)COc2ccc(CC3(C)SC(=O)NC3=O)cc2)nc1. The second kappa shape index (κ2) is 8.10. The molecule has 2 atom stereocenters. The molecule has 2 amide bonds. The third kappa shape index (κ3) is 4.67. The zero-order valence-electron chi connectivity index (χ0n) is 15.3. The zero-order chi connectivity index (χ0) is 19.4. The predicted molar refractivity (Wildman–Crippen MR) is 104 cm³/mol. The fourth-order valence-corrected chi connectivity index (χ4v) is 3.75. The number of aromatic nitrogens is 1. The van der Waals surface area contributed by atoms with E-state index < -0.39 is 10.9 Å². The van der Waals surface area contributed by atoms with E-state index in [-0.39, 0.29) is 17.8 Å². The van der Waals surface area contributed by atoms with Crippen molar-refractivity contribution in [2.24, 2.45) is 0 Å². The van der Waals surface area contributed by atoms with Crippen LogP contribution in [-0.2, 0) is 17.6 Å². The number of pyridine rings is 1. The van der Waals surface area contributed by atoms with Crippen LogP contribution in [0, 0.1) is 0 Å². The van der Waals surface area contributed by atoms with Gasteiger partial charge in [0.25, 0.3) is 5.24 Å². The van der Waals surface area contributed by atoms with Crippen LogP contribution < -0.4 is 10.1 Å². The summed E-state index contributed by atoms with van der Waals surface area (Å²) in [7, 11) is 0. The van der Waals surface area contributed by atoms with Gasteiger partial charge in [-0.15, -0.1) is 0 Å². The number of ether oxygens (including phenoxy) is 1. The van der Waals surface area contributed by atoms with E-state index in [1.165, 1.54) is 0 Å². The molecule has 1 saturated heterocycles. The van der Waals surface area contributed by atoms with Crippen LogP contribution >= 0.6 is 11.8 Å². The van der Waals surface area contributed by atoms with Crippen molar-refractivity contribution in [1.29, 1.82) is 0 Å². The molecule has 1 fully saturated rings. The lowest BCUT2D eigenvalue weighted by atomic mass is 9.99. The van der Waals surface area contributed by atoms with Crippen LogP contribution in [0.4, 0.5) is 4.79 Å². The molecule has 2 aromatic rings. The largest absolute Gasteiger partial charge is 0.490 e. The van der Waals surface area contributed by atoms with E-state index in [0.717, 1.165) is 29.3 Å². The first-order valence-electron chi connectivity index (χ1n) is 8.78. The van der Waals surface area contributed by atoms with Gasteiger partial charge < -0.3 is 9.84 Å². The second-order valence-corrected chi connectivity index (χ2v) is 8.14. The van der Waals surface area contributed by atoms with Gasteiger partial charge in [-0.25, -0.2) is 0 Å². The maximum absolute atomic E-state index is 11.9. The Morgan fingerprint density at radius 2 is 1.89 bits per heavy atom. The van der Waals surface area contributed by atoms with E-state index in [1.54, 1.807) is 25.3 Å². The molecule has 1 aromatic heterocycles. The number of benzene rings is 1. The number of aryl methyl sites for hydroxylation is 1. The number of hydrogen-bond acceptors (Lipinski definition) is 6. The Hall–Kier alpha value is -2.38. The number of rotatable bonds is 7. The minimum Gasteiger partial charge on any atom is -0.490 e. The molecule has 0 radical (unpaired) electrons. The van der Waals surface area contributed by atoms with Crippen LogP contribution in [0.1, 0.15) is 36.8 Å². The molecular weight excluding hydrogens is 364 g/mol. The normalized spacial score (nSPS) is 20.4. The van der Waals surface area contributed by atoms with E-state index in [4.69, 9.17) is 4.74 Å². The molecule has 1 aliphatic heterocycles. The van der Waals surface area contributed by atoms with Crippen LogP contribution in [-0.4, -0.2) is 32.6 Å². The van der Waals surface area contributed by atoms with Crippen molar-refractivity contribution in [1.82, 2.24) is 10.3 Å².